The van der Waals surface area contributed by atoms with Gasteiger partial charge in [0.25, 0.3) is 0 Å². The van der Waals surface area contributed by atoms with Crippen LogP contribution in [0.5, 0.6) is 0 Å². The van der Waals surface area contributed by atoms with Gasteiger partial charge in [-0.15, -0.1) is 0 Å². The molecule has 0 aliphatic rings. The van der Waals surface area contributed by atoms with Gasteiger partial charge >= 0.3 is 109 Å². The van der Waals surface area contributed by atoms with Gasteiger partial charge in [-0.05, 0) is 0 Å². The molecule has 0 saturated carbocycles. The molecular formula is C12H12N2Se2. The van der Waals surface area contributed by atoms with E-state index in [9.17, 15) is 0 Å². The first-order valence-corrected chi connectivity index (χ1v) is 8.58. The van der Waals surface area contributed by atoms with Gasteiger partial charge in [-0.1, -0.05) is 0 Å². The Morgan fingerprint density at radius 3 is 1.62 bits per heavy atom. The fourth-order valence-electron chi connectivity index (χ4n) is 1.54. The number of rotatable bonds is 4. The third-order valence-corrected chi connectivity index (χ3v) is 5.32. The van der Waals surface area contributed by atoms with E-state index < -0.39 is 0 Å². The van der Waals surface area contributed by atoms with Crippen molar-refractivity contribution in [3.05, 3.63) is 35.4 Å². The van der Waals surface area contributed by atoms with Gasteiger partial charge in [0.05, 0.1) is 0 Å². The van der Waals surface area contributed by atoms with E-state index in [1.165, 1.54) is 11.1 Å². The average molecular weight is 342 g/mol. The van der Waals surface area contributed by atoms with Crippen molar-refractivity contribution in [1.82, 2.24) is 0 Å². The summed E-state index contributed by atoms with van der Waals surface area (Å²) < 4.78 is 0. The standard InChI is InChI=1S/C12H12N2Se2/c1-9(15-7-13)11-5-3-4-6-12(11)10(2)16-8-14/h3-6,9-10H,1-2H3/t9-,10-/m0/s1. The molecule has 2 atom stereocenters. The first-order chi connectivity index (χ1) is 7.70. The molecule has 0 aliphatic heterocycles. The zero-order valence-electron chi connectivity index (χ0n) is 9.18. The van der Waals surface area contributed by atoms with Gasteiger partial charge in [0, 0.05) is 0 Å². The van der Waals surface area contributed by atoms with Crippen molar-refractivity contribution in [1.29, 1.82) is 10.5 Å². The van der Waals surface area contributed by atoms with E-state index in [4.69, 9.17) is 10.5 Å². The van der Waals surface area contributed by atoms with Crippen molar-refractivity contribution in [3.8, 4) is 9.94 Å². The molecule has 0 saturated heterocycles. The van der Waals surface area contributed by atoms with Gasteiger partial charge in [-0.3, -0.25) is 0 Å². The molecule has 82 valence electrons. The molecule has 4 heteroatoms. The van der Waals surface area contributed by atoms with Crippen LogP contribution in [0.2, 0.25) is 0 Å². The summed E-state index contributed by atoms with van der Waals surface area (Å²) in [4.78, 5) is 5.15. The van der Waals surface area contributed by atoms with Crippen LogP contribution in [0.1, 0.15) is 34.6 Å². The fourth-order valence-corrected chi connectivity index (χ4v) is 3.63. The molecule has 0 aliphatic carbocycles. The first kappa shape index (κ1) is 13.3. The molecule has 2 nitrogen and oxygen atoms in total. The number of nitrogens with zero attached hydrogens (tertiary/aromatic N) is 2. The van der Waals surface area contributed by atoms with Crippen LogP contribution >= 0.6 is 0 Å². The Hall–Kier alpha value is -0.761. The molecule has 1 rings (SSSR count). The second kappa shape index (κ2) is 6.74. The van der Waals surface area contributed by atoms with E-state index in [0.29, 0.717) is 9.63 Å². The molecule has 0 aromatic heterocycles. The Morgan fingerprint density at radius 2 is 1.31 bits per heavy atom. The number of benzene rings is 1. The van der Waals surface area contributed by atoms with Crippen LogP contribution in [0, 0.1) is 20.5 Å². The minimum absolute atomic E-state index is 0.0184. The van der Waals surface area contributed by atoms with Crippen LogP contribution in [-0.4, -0.2) is 29.9 Å². The molecule has 0 heterocycles. The SMILES string of the molecule is C[C@H]([Se]C#N)c1ccccc1[C@H](C)[Se]C#N. The van der Waals surface area contributed by atoms with E-state index in [-0.39, 0.29) is 29.9 Å². The molecule has 1 aromatic rings. The molecule has 0 amide bonds. The third kappa shape index (κ3) is 3.38. The van der Waals surface area contributed by atoms with Crippen LogP contribution in [0.25, 0.3) is 0 Å². The second-order valence-electron chi connectivity index (χ2n) is 3.33. The minimum atomic E-state index is -0.0184. The Morgan fingerprint density at radius 1 is 0.938 bits per heavy atom. The van der Waals surface area contributed by atoms with Crippen LogP contribution in [-0.2, 0) is 0 Å². The zero-order chi connectivity index (χ0) is 12.0. The number of hydrogen-bond acceptors (Lipinski definition) is 2. The predicted octanol–water partition coefficient (Wildman–Crippen LogP) is 2.18. The summed E-state index contributed by atoms with van der Waals surface area (Å²) in [7, 11) is 0. The van der Waals surface area contributed by atoms with Gasteiger partial charge < -0.3 is 0 Å². The Labute approximate surface area is 109 Å². The quantitative estimate of drug-likeness (QED) is 0.788. The number of nitriles is 2. The summed E-state index contributed by atoms with van der Waals surface area (Å²) in [5, 5.41) is 17.5. The Bertz CT molecular complexity index is 390. The predicted molar refractivity (Wildman–Crippen MR) is 66.0 cm³/mol. The van der Waals surface area contributed by atoms with E-state index in [1.807, 2.05) is 12.1 Å². The molecule has 0 spiro atoms. The van der Waals surface area contributed by atoms with Gasteiger partial charge in [-0.2, -0.15) is 0 Å². The topological polar surface area (TPSA) is 47.6 Å². The second-order valence-corrected chi connectivity index (χ2v) is 8.05. The molecule has 0 unspecified atom stereocenters. The summed E-state index contributed by atoms with van der Waals surface area (Å²) in [6.07, 6.45) is 0. The van der Waals surface area contributed by atoms with Gasteiger partial charge in [0.2, 0.25) is 0 Å². The van der Waals surface area contributed by atoms with E-state index >= 15 is 0 Å². The van der Waals surface area contributed by atoms with Crippen molar-refractivity contribution in [3.63, 3.8) is 0 Å². The summed E-state index contributed by atoms with van der Waals surface area (Å²) >= 11 is -0.0368. The molecule has 0 bridgehead atoms. The van der Waals surface area contributed by atoms with E-state index in [2.05, 4.69) is 35.9 Å². The van der Waals surface area contributed by atoms with Crippen LogP contribution < -0.4 is 0 Å². The van der Waals surface area contributed by atoms with Crippen molar-refractivity contribution in [2.75, 3.05) is 0 Å². The molecular weight excluding hydrogens is 330 g/mol. The molecule has 0 N–H and O–H groups in total. The first-order valence-electron chi connectivity index (χ1n) is 4.89. The zero-order valence-corrected chi connectivity index (χ0v) is 12.6. The fraction of sp³-hybridized carbons (Fsp3) is 0.333. The van der Waals surface area contributed by atoms with E-state index in [0.717, 1.165) is 0 Å². The number of hydrogen-bond donors (Lipinski definition) is 0. The summed E-state index contributed by atoms with van der Waals surface area (Å²) in [6.45, 7) is 4.18. The van der Waals surface area contributed by atoms with Gasteiger partial charge in [-0.25, -0.2) is 0 Å². The van der Waals surface area contributed by atoms with Crippen molar-refractivity contribution < 1.29 is 0 Å². The summed E-state index contributed by atoms with van der Waals surface area (Å²) in [6, 6.07) is 8.19. The average Bonchev–Trinajstić information content (AvgIpc) is 2.30. The van der Waals surface area contributed by atoms with Crippen molar-refractivity contribution in [2.24, 2.45) is 0 Å². The maximum absolute atomic E-state index is 8.76. The van der Waals surface area contributed by atoms with Crippen molar-refractivity contribution in [2.45, 2.75) is 23.5 Å². The van der Waals surface area contributed by atoms with Crippen LogP contribution in [0.4, 0.5) is 0 Å². The molecule has 16 heavy (non-hydrogen) atoms. The molecule has 0 radical (unpaired) electrons. The molecule has 1 aromatic carbocycles. The Kier molecular flexibility index (Phi) is 5.61. The summed E-state index contributed by atoms with van der Waals surface area (Å²) in [5.41, 5.74) is 2.49. The molecule has 0 fully saturated rings. The third-order valence-electron chi connectivity index (χ3n) is 2.33. The normalized spacial score (nSPS) is 13.5. The monoisotopic (exact) mass is 344 g/mol. The van der Waals surface area contributed by atoms with Crippen LogP contribution in [0.15, 0.2) is 24.3 Å². The van der Waals surface area contributed by atoms with E-state index in [1.54, 1.807) is 0 Å². The summed E-state index contributed by atoms with van der Waals surface area (Å²) in [5.74, 6) is 0. The van der Waals surface area contributed by atoms with Gasteiger partial charge in [0.1, 0.15) is 0 Å². The van der Waals surface area contributed by atoms with Crippen molar-refractivity contribution >= 4 is 29.9 Å². The van der Waals surface area contributed by atoms with Crippen LogP contribution in [0.3, 0.4) is 0 Å². The Balaban J connectivity index is 3.01. The maximum atomic E-state index is 8.76. The van der Waals surface area contributed by atoms with Gasteiger partial charge in [0.15, 0.2) is 0 Å².